The smallest absolute Gasteiger partial charge is 0.408 e. The fourth-order valence-corrected chi connectivity index (χ4v) is 5.58. The number of fused-ring (bicyclic) bond motifs is 1. The second-order valence-electron chi connectivity index (χ2n) is 11.6. The number of ether oxygens (including phenoxy) is 3. The van der Waals surface area contributed by atoms with Crippen LogP contribution in [0.5, 0.6) is 0 Å². The lowest BCUT2D eigenvalue weighted by atomic mass is 9.80. The van der Waals surface area contributed by atoms with E-state index in [1.807, 2.05) is 48.6 Å². The van der Waals surface area contributed by atoms with Crippen LogP contribution in [-0.2, 0) is 23.8 Å². The number of alkyl carbamates (subject to hydrolysis) is 2. The Morgan fingerprint density at radius 3 is 2.60 bits per heavy atom. The van der Waals surface area contributed by atoms with Gasteiger partial charge in [-0.15, -0.1) is 0 Å². The van der Waals surface area contributed by atoms with Crippen LogP contribution in [0.15, 0.2) is 48.7 Å². The number of esters is 1. The third-order valence-corrected chi connectivity index (χ3v) is 8.10. The summed E-state index contributed by atoms with van der Waals surface area (Å²) in [6.45, 7) is 7.08. The average molecular weight is 593 g/mol. The zero-order valence-corrected chi connectivity index (χ0v) is 25.1. The molecule has 2 aromatic rings. The van der Waals surface area contributed by atoms with Crippen molar-refractivity contribution in [3.8, 4) is 11.3 Å². The molecule has 3 heterocycles. The maximum atomic E-state index is 13.4. The second kappa shape index (κ2) is 14.3. The fourth-order valence-electron chi connectivity index (χ4n) is 5.58. The van der Waals surface area contributed by atoms with Crippen LogP contribution in [0.25, 0.3) is 17.3 Å². The van der Waals surface area contributed by atoms with Crippen LogP contribution in [0, 0.1) is 17.8 Å². The van der Waals surface area contributed by atoms with E-state index in [1.54, 1.807) is 33.9 Å². The summed E-state index contributed by atoms with van der Waals surface area (Å²) < 4.78 is 16.7. The molecular weight excluding hydrogens is 552 g/mol. The molecule has 1 aromatic carbocycles. The molecule has 43 heavy (non-hydrogen) atoms. The normalized spacial score (nSPS) is 28.7. The van der Waals surface area contributed by atoms with E-state index in [-0.39, 0.29) is 24.9 Å². The largest absolute Gasteiger partial charge is 0.461 e. The number of ketones is 1. The van der Waals surface area contributed by atoms with Crippen molar-refractivity contribution in [1.29, 1.82) is 0 Å². The molecule has 0 aliphatic carbocycles. The number of rotatable bonds is 5. The van der Waals surface area contributed by atoms with E-state index in [9.17, 15) is 19.2 Å². The van der Waals surface area contributed by atoms with Gasteiger partial charge in [0.15, 0.2) is 5.60 Å². The lowest BCUT2D eigenvalue weighted by Gasteiger charge is -2.33. The number of carbonyl (C=O) groups is 4. The van der Waals surface area contributed by atoms with Crippen LogP contribution in [0.2, 0.25) is 0 Å². The number of hydrogen-bond donors (Lipinski definition) is 2. The summed E-state index contributed by atoms with van der Waals surface area (Å²) >= 11 is 0. The van der Waals surface area contributed by atoms with Gasteiger partial charge in [-0.05, 0) is 50.3 Å². The number of carbonyl (C=O) groups excluding carboxylic acids is 4. The Morgan fingerprint density at radius 1 is 1.12 bits per heavy atom. The topological polar surface area (TPSA) is 146 Å². The van der Waals surface area contributed by atoms with Crippen molar-refractivity contribution < 1.29 is 33.4 Å². The number of nitrogens with zero attached hydrogens (tertiary/aromatic N) is 2. The highest BCUT2D eigenvalue weighted by atomic mass is 16.6. The molecule has 0 radical (unpaired) electrons. The van der Waals surface area contributed by atoms with Gasteiger partial charge < -0.3 is 24.8 Å². The summed E-state index contributed by atoms with van der Waals surface area (Å²) in [4.78, 5) is 50.8. The Kier molecular flexibility index (Phi) is 10.5. The van der Waals surface area contributed by atoms with Crippen molar-refractivity contribution in [2.24, 2.45) is 17.8 Å². The molecule has 0 unspecified atom stereocenters. The molecule has 0 spiro atoms. The van der Waals surface area contributed by atoms with Crippen molar-refractivity contribution in [3.63, 3.8) is 0 Å². The van der Waals surface area contributed by atoms with Crippen LogP contribution >= 0.6 is 0 Å². The lowest BCUT2D eigenvalue weighted by molar-refractivity contribution is -0.155. The Bertz CT molecular complexity index is 1320. The number of amides is 2. The first-order chi connectivity index (χ1) is 20.6. The first kappa shape index (κ1) is 31.7. The SMILES string of the molecule is C[C@@H]1CCC[C@H](OC(=O)NC/C=C/c2ccc(-c3cccnn3)cc2)C[C@@H](C)C(=O)[C@H](C)[C@H]2NC(=O)O[C@]2(C)COC1=O. The molecule has 0 saturated carbocycles. The van der Waals surface area contributed by atoms with E-state index < -0.39 is 47.7 Å². The second-order valence-corrected chi connectivity index (χ2v) is 11.6. The zero-order chi connectivity index (χ0) is 31.0. The first-order valence-electron chi connectivity index (χ1n) is 14.7. The molecule has 0 bridgehead atoms. The maximum Gasteiger partial charge on any atom is 0.408 e. The Labute approximate surface area is 251 Å². The van der Waals surface area contributed by atoms with Crippen molar-refractivity contribution in [1.82, 2.24) is 20.8 Å². The molecule has 2 fully saturated rings. The van der Waals surface area contributed by atoms with Crippen LogP contribution in [0.3, 0.4) is 0 Å². The zero-order valence-electron chi connectivity index (χ0n) is 25.1. The minimum Gasteiger partial charge on any atom is -0.461 e. The number of Topliss-reactive ketones (excluding diaryl/α,β-unsaturated/α-hetero) is 1. The molecule has 2 amide bonds. The summed E-state index contributed by atoms with van der Waals surface area (Å²) in [6, 6.07) is 10.9. The molecule has 2 aliphatic rings. The van der Waals surface area contributed by atoms with Gasteiger partial charge >= 0.3 is 18.2 Å². The van der Waals surface area contributed by atoms with Gasteiger partial charge in [0.05, 0.1) is 17.7 Å². The number of aromatic nitrogens is 2. The van der Waals surface area contributed by atoms with Gasteiger partial charge in [0.25, 0.3) is 0 Å². The summed E-state index contributed by atoms with van der Waals surface area (Å²) in [5, 5.41) is 13.5. The van der Waals surface area contributed by atoms with Crippen LogP contribution in [0.1, 0.15) is 58.9 Å². The minimum atomic E-state index is -1.17. The highest BCUT2D eigenvalue weighted by molar-refractivity contribution is 5.85. The summed E-state index contributed by atoms with van der Waals surface area (Å²) in [5.74, 6) is -1.94. The number of nitrogens with one attached hydrogen (secondary N) is 2. The molecule has 11 nitrogen and oxygen atoms in total. The molecule has 2 aliphatic heterocycles. The van der Waals surface area contributed by atoms with E-state index >= 15 is 0 Å². The molecule has 230 valence electrons. The third-order valence-electron chi connectivity index (χ3n) is 8.10. The monoisotopic (exact) mass is 592 g/mol. The standard InChI is InChI=1S/C32H40N4O7/c1-20-8-5-10-25(18-21(2)27(37)22(3)28-32(4,19-41-29(20)38)43-31(40)35-28)42-30(39)33-16-6-9-23-12-14-24(15-13-23)26-11-7-17-34-36-26/h6-7,9,11-15,17,20-22,25,28H,5,8,10,16,18-19H2,1-4H3,(H,33,39)(H,35,40)/b9-6+/t20-,21-,22+,25+,28-,32-/m1/s1. The number of cyclic esters (lactones) is 1. The lowest BCUT2D eigenvalue weighted by Crippen LogP contribution is -2.52. The maximum absolute atomic E-state index is 13.4. The third kappa shape index (κ3) is 8.39. The molecule has 2 N–H and O–H groups in total. The quantitative estimate of drug-likeness (QED) is 0.372. The molecule has 11 heteroatoms. The van der Waals surface area contributed by atoms with E-state index in [0.29, 0.717) is 25.7 Å². The van der Waals surface area contributed by atoms with E-state index in [0.717, 1.165) is 16.8 Å². The Balaban J connectivity index is 1.35. The van der Waals surface area contributed by atoms with Gasteiger partial charge in [0.2, 0.25) is 0 Å². The molecule has 4 rings (SSSR count). The van der Waals surface area contributed by atoms with Crippen molar-refractivity contribution in [3.05, 3.63) is 54.2 Å². The van der Waals surface area contributed by atoms with Crippen molar-refractivity contribution >= 4 is 30.0 Å². The molecule has 1 aromatic heterocycles. The summed E-state index contributed by atoms with van der Waals surface area (Å²) in [6.07, 6.45) is 5.51. The van der Waals surface area contributed by atoms with Crippen molar-refractivity contribution in [2.45, 2.75) is 71.1 Å². The average Bonchev–Trinajstić information content (AvgIpc) is 3.31. The highest BCUT2D eigenvalue weighted by Gasteiger charge is 2.51. The predicted molar refractivity (Wildman–Crippen MR) is 159 cm³/mol. The Hall–Kier alpha value is -4.28. The first-order valence-corrected chi connectivity index (χ1v) is 14.7. The minimum absolute atomic E-state index is 0.0963. The molecule has 2 saturated heterocycles. The number of hydrogen-bond acceptors (Lipinski definition) is 9. The molecule has 6 atom stereocenters. The van der Waals surface area contributed by atoms with Crippen LogP contribution in [-0.4, -0.2) is 65.0 Å². The van der Waals surface area contributed by atoms with Gasteiger partial charge in [-0.2, -0.15) is 10.2 Å². The summed E-state index contributed by atoms with van der Waals surface area (Å²) in [5.41, 5.74) is 1.53. The van der Waals surface area contributed by atoms with E-state index in [2.05, 4.69) is 20.8 Å². The van der Waals surface area contributed by atoms with Gasteiger partial charge in [0, 0.05) is 30.1 Å². The van der Waals surface area contributed by atoms with Gasteiger partial charge in [-0.1, -0.05) is 57.2 Å². The predicted octanol–water partition coefficient (Wildman–Crippen LogP) is 4.71. The van der Waals surface area contributed by atoms with Gasteiger partial charge in [0.1, 0.15) is 18.5 Å². The van der Waals surface area contributed by atoms with Crippen molar-refractivity contribution in [2.75, 3.05) is 13.2 Å². The molecular formula is C32H40N4O7. The van der Waals surface area contributed by atoms with Gasteiger partial charge in [-0.25, -0.2) is 9.59 Å². The Morgan fingerprint density at radius 2 is 1.88 bits per heavy atom. The summed E-state index contributed by atoms with van der Waals surface area (Å²) in [7, 11) is 0. The van der Waals surface area contributed by atoms with Crippen LogP contribution < -0.4 is 10.6 Å². The van der Waals surface area contributed by atoms with E-state index in [1.165, 1.54) is 0 Å². The number of benzene rings is 1. The van der Waals surface area contributed by atoms with Crippen LogP contribution in [0.4, 0.5) is 9.59 Å². The highest BCUT2D eigenvalue weighted by Crippen LogP contribution is 2.32. The van der Waals surface area contributed by atoms with Gasteiger partial charge in [-0.3, -0.25) is 9.59 Å². The van der Waals surface area contributed by atoms with E-state index in [4.69, 9.17) is 14.2 Å². The fraction of sp³-hybridized carbons (Fsp3) is 0.500.